The van der Waals surface area contributed by atoms with Gasteiger partial charge in [0.2, 0.25) is 0 Å². The number of rotatable bonds is 7. The molecular formula is C18H24ClO3P. The van der Waals surface area contributed by atoms with Crippen molar-refractivity contribution in [1.82, 2.24) is 0 Å². The van der Waals surface area contributed by atoms with E-state index >= 15 is 0 Å². The summed E-state index contributed by atoms with van der Waals surface area (Å²) in [6.07, 6.45) is 0. The molecule has 5 heteroatoms. The van der Waals surface area contributed by atoms with Gasteiger partial charge in [0, 0.05) is 0 Å². The van der Waals surface area contributed by atoms with Crippen molar-refractivity contribution in [3.05, 3.63) is 59.7 Å². The van der Waals surface area contributed by atoms with Gasteiger partial charge in [-0.05, 0) is 0 Å². The van der Waals surface area contributed by atoms with Gasteiger partial charge in [-0.1, -0.05) is 0 Å². The molecule has 0 atom stereocenters. The number of benzene rings is 2. The molecule has 0 aliphatic rings. The topological polar surface area (TPSA) is 27.7 Å². The summed E-state index contributed by atoms with van der Waals surface area (Å²) in [6, 6.07) is 15.4. The fourth-order valence-corrected chi connectivity index (χ4v) is 4.09. The molecule has 0 aromatic heterocycles. The summed E-state index contributed by atoms with van der Waals surface area (Å²) < 4.78 is 17.6. The first-order valence-corrected chi connectivity index (χ1v) is 10.4. The van der Waals surface area contributed by atoms with Crippen molar-refractivity contribution >= 4 is 18.5 Å². The van der Waals surface area contributed by atoms with Crippen LogP contribution in [-0.4, -0.2) is 6.61 Å². The molecule has 2 rings (SSSR count). The van der Waals surface area contributed by atoms with E-state index in [2.05, 4.69) is 13.8 Å². The average molecular weight is 355 g/mol. The molecule has 0 bridgehead atoms. The van der Waals surface area contributed by atoms with E-state index in [0.717, 1.165) is 11.1 Å². The molecule has 0 aliphatic heterocycles. The molecule has 0 fully saturated rings. The minimum atomic E-state index is -3.36. The van der Waals surface area contributed by atoms with Gasteiger partial charge in [-0.15, -0.1) is 0 Å². The summed E-state index contributed by atoms with van der Waals surface area (Å²) in [5, 5.41) is 0. The van der Waals surface area contributed by atoms with E-state index in [9.17, 15) is 0 Å². The quantitative estimate of drug-likeness (QED) is 0.564. The molecule has 0 amide bonds. The van der Waals surface area contributed by atoms with Crippen LogP contribution >= 0.6 is 18.5 Å². The Hall–Kier alpha value is -1.28. The van der Waals surface area contributed by atoms with Crippen molar-refractivity contribution in [2.45, 2.75) is 27.7 Å². The fraction of sp³-hybridized carbons (Fsp3) is 0.333. The Labute approximate surface area is 143 Å². The fourth-order valence-electron chi connectivity index (χ4n) is 1.84. The van der Waals surface area contributed by atoms with E-state index in [1.165, 1.54) is 0 Å². The molecule has 3 nitrogen and oxygen atoms in total. The second-order valence-electron chi connectivity index (χ2n) is 6.02. The van der Waals surface area contributed by atoms with Crippen LogP contribution in [0.3, 0.4) is 0 Å². The van der Waals surface area contributed by atoms with Crippen LogP contribution in [0.1, 0.15) is 25.0 Å². The predicted octanol–water partition coefficient (Wildman–Crippen LogP) is 6.08. The van der Waals surface area contributed by atoms with E-state index in [0.29, 0.717) is 24.0 Å². The van der Waals surface area contributed by atoms with E-state index in [1.54, 1.807) is 0 Å². The average Bonchev–Trinajstić information content (AvgIpc) is 2.50. The zero-order valence-electron chi connectivity index (χ0n) is 14.0. The Bertz CT molecular complexity index is 564. The van der Waals surface area contributed by atoms with Gasteiger partial charge < -0.3 is 0 Å². The SMILES string of the molecule is Cc1ccc(O[PH](Cl)(OCC(C)C)Oc2ccc(C)cc2)cc1. The zero-order valence-corrected chi connectivity index (χ0v) is 15.8. The zero-order chi connectivity index (χ0) is 16.9. The number of aryl methyl sites for hydroxylation is 2. The summed E-state index contributed by atoms with van der Waals surface area (Å²) in [5.41, 5.74) is 2.31. The van der Waals surface area contributed by atoms with E-state index < -0.39 is 7.30 Å². The summed E-state index contributed by atoms with van der Waals surface area (Å²) in [6.45, 7) is 8.64. The first kappa shape index (κ1) is 18.1. The molecular weight excluding hydrogens is 331 g/mol. The predicted molar refractivity (Wildman–Crippen MR) is 98.6 cm³/mol. The van der Waals surface area contributed by atoms with Gasteiger partial charge in [0.1, 0.15) is 0 Å². The maximum absolute atomic E-state index is 6.60. The van der Waals surface area contributed by atoms with E-state index in [1.807, 2.05) is 62.4 Å². The third kappa shape index (κ3) is 6.02. The van der Waals surface area contributed by atoms with Crippen LogP contribution in [-0.2, 0) is 4.52 Å². The first-order valence-electron chi connectivity index (χ1n) is 7.70. The second kappa shape index (κ2) is 8.01. The molecule has 2 aromatic rings. The van der Waals surface area contributed by atoms with Gasteiger partial charge in [0.25, 0.3) is 0 Å². The van der Waals surface area contributed by atoms with Crippen LogP contribution in [0.2, 0.25) is 0 Å². The first-order chi connectivity index (χ1) is 10.9. The Kier molecular flexibility index (Phi) is 6.29. The van der Waals surface area contributed by atoms with Crippen molar-refractivity contribution in [2.24, 2.45) is 5.92 Å². The molecule has 2 aromatic carbocycles. The third-order valence-electron chi connectivity index (χ3n) is 3.11. The summed E-state index contributed by atoms with van der Waals surface area (Å²) >= 11 is 6.60. The molecule has 126 valence electrons. The van der Waals surface area contributed by atoms with Crippen molar-refractivity contribution in [1.29, 1.82) is 0 Å². The number of hydrogen-bond donors (Lipinski definition) is 0. The van der Waals surface area contributed by atoms with Gasteiger partial charge in [0.05, 0.1) is 0 Å². The monoisotopic (exact) mass is 354 g/mol. The number of halogens is 1. The Balaban J connectivity index is 2.16. The molecule has 0 saturated heterocycles. The van der Waals surface area contributed by atoms with Crippen molar-refractivity contribution in [2.75, 3.05) is 6.61 Å². The Morgan fingerprint density at radius 2 is 1.22 bits per heavy atom. The van der Waals surface area contributed by atoms with Gasteiger partial charge in [-0.3, -0.25) is 0 Å². The van der Waals surface area contributed by atoms with Crippen LogP contribution in [0.4, 0.5) is 0 Å². The maximum atomic E-state index is 6.60. The van der Waals surface area contributed by atoms with Gasteiger partial charge in [0.15, 0.2) is 0 Å². The van der Waals surface area contributed by atoms with Gasteiger partial charge >= 0.3 is 143 Å². The van der Waals surface area contributed by atoms with Crippen LogP contribution in [0.25, 0.3) is 0 Å². The van der Waals surface area contributed by atoms with Crippen molar-refractivity contribution in [3.63, 3.8) is 0 Å². The van der Waals surface area contributed by atoms with Crippen LogP contribution < -0.4 is 9.05 Å². The van der Waals surface area contributed by atoms with E-state index in [-0.39, 0.29) is 0 Å². The third-order valence-corrected chi connectivity index (χ3v) is 5.37. The Morgan fingerprint density at radius 1 is 0.826 bits per heavy atom. The molecule has 0 radical (unpaired) electrons. The molecule has 0 aliphatic carbocycles. The number of hydrogen-bond acceptors (Lipinski definition) is 3. The summed E-state index contributed by atoms with van der Waals surface area (Å²) in [7, 11) is -3.36. The van der Waals surface area contributed by atoms with Crippen LogP contribution in [0.15, 0.2) is 48.5 Å². The minimum absolute atomic E-state index is 0.337. The molecule has 0 spiro atoms. The molecule has 0 heterocycles. The molecule has 23 heavy (non-hydrogen) atoms. The van der Waals surface area contributed by atoms with Gasteiger partial charge in [-0.2, -0.15) is 0 Å². The molecule has 0 unspecified atom stereocenters. The Morgan fingerprint density at radius 3 is 1.57 bits per heavy atom. The normalized spacial score (nSPS) is 12.3. The van der Waals surface area contributed by atoms with Crippen LogP contribution in [0.5, 0.6) is 11.5 Å². The summed E-state index contributed by atoms with van der Waals surface area (Å²) in [5.74, 6) is 1.63. The molecule has 0 saturated carbocycles. The van der Waals surface area contributed by atoms with Gasteiger partial charge in [-0.25, -0.2) is 0 Å². The standard InChI is InChI=1S/C18H24ClO3P/c1-14(2)13-20-23(19,21-17-9-5-15(3)6-10-17)22-18-11-7-16(4)8-12-18/h5-12,14,23H,13H2,1-4H3. The summed E-state index contributed by atoms with van der Waals surface area (Å²) in [4.78, 5) is 0. The second-order valence-corrected chi connectivity index (χ2v) is 9.07. The van der Waals surface area contributed by atoms with Crippen molar-refractivity contribution < 1.29 is 13.6 Å². The van der Waals surface area contributed by atoms with E-state index in [4.69, 9.17) is 24.8 Å². The van der Waals surface area contributed by atoms with Crippen LogP contribution in [0, 0.1) is 19.8 Å². The molecule has 0 N–H and O–H groups in total. The van der Waals surface area contributed by atoms with Crippen molar-refractivity contribution in [3.8, 4) is 11.5 Å².